The Morgan fingerprint density at radius 1 is 1.33 bits per heavy atom. The van der Waals surface area contributed by atoms with Gasteiger partial charge >= 0.3 is 5.97 Å². The van der Waals surface area contributed by atoms with Gasteiger partial charge in [-0.3, -0.25) is 4.79 Å². The van der Waals surface area contributed by atoms with Crippen molar-refractivity contribution in [2.75, 3.05) is 33.4 Å². The maximum atomic E-state index is 11.8. The van der Waals surface area contributed by atoms with Crippen LogP contribution in [0.4, 0.5) is 0 Å². The number of carbonyl (C=O) groups is 1. The van der Waals surface area contributed by atoms with Gasteiger partial charge < -0.3 is 14.7 Å². The second kappa shape index (κ2) is 7.05. The van der Waals surface area contributed by atoms with E-state index in [0.29, 0.717) is 12.5 Å². The monoisotopic (exact) mass is 291 g/mol. The van der Waals surface area contributed by atoms with Crippen molar-refractivity contribution in [2.45, 2.75) is 25.2 Å². The van der Waals surface area contributed by atoms with Crippen LogP contribution in [0.3, 0.4) is 0 Å². The Morgan fingerprint density at radius 3 is 2.52 bits per heavy atom. The van der Waals surface area contributed by atoms with Gasteiger partial charge in [-0.25, -0.2) is 0 Å². The van der Waals surface area contributed by atoms with E-state index in [1.54, 1.807) is 0 Å². The summed E-state index contributed by atoms with van der Waals surface area (Å²) in [6.45, 7) is 4.91. The molecule has 1 unspecified atom stereocenters. The first-order chi connectivity index (χ1) is 10.0. The summed E-state index contributed by atoms with van der Waals surface area (Å²) >= 11 is 0. The maximum absolute atomic E-state index is 11.8. The number of hydrogen-bond donors (Lipinski definition) is 1. The van der Waals surface area contributed by atoms with Gasteiger partial charge in [0.25, 0.3) is 0 Å². The lowest BCUT2D eigenvalue weighted by atomic mass is 9.82. The van der Waals surface area contributed by atoms with Crippen molar-refractivity contribution in [1.82, 2.24) is 4.90 Å². The number of benzene rings is 1. The van der Waals surface area contributed by atoms with Crippen molar-refractivity contribution in [3.05, 3.63) is 35.9 Å². The topological polar surface area (TPSA) is 49.8 Å². The number of likely N-dealkylation sites (N-methyl/N-ethyl adjacent to an activating group) is 1. The van der Waals surface area contributed by atoms with E-state index < -0.39 is 11.4 Å². The van der Waals surface area contributed by atoms with E-state index in [1.807, 2.05) is 44.3 Å². The van der Waals surface area contributed by atoms with Crippen LogP contribution in [0.15, 0.2) is 30.3 Å². The summed E-state index contributed by atoms with van der Waals surface area (Å²) in [5, 5.41) is 9.69. The summed E-state index contributed by atoms with van der Waals surface area (Å²) in [6, 6.07) is 9.51. The molecule has 0 aliphatic carbocycles. The summed E-state index contributed by atoms with van der Waals surface area (Å²) in [5.74, 6) is -0.162. The van der Waals surface area contributed by atoms with Crippen LogP contribution in [0.1, 0.15) is 25.3 Å². The van der Waals surface area contributed by atoms with Crippen molar-refractivity contribution in [3.63, 3.8) is 0 Å². The third-order valence-electron chi connectivity index (χ3n) is 4.38. The molecule has 1 aliphatic heterocycles. The molecule has 1 aromatic rings. The first-order valence-corrected chi connectivity index (χ1v) is 7.57. The third-order valence-corrected chi connectivity index (χ3v) is 4.38. The molecule has 1 saturated heterocycles. The zero-order valence-electron chi connectivity index (χ0n) is 12.9. The van der Waals surface area contributed by atoms with E-state index in [9.17, 15) is 9.90 Å². The smallest absolute Gasteiger partial charge is 0.315 e. The summed E-state index contributed by atoms with van der Waals surface area (Å²) < 4.78 is 5.38. The van der Waals surface area contributed by atoms with Gasteiger partial charge in [-0.15, -0.1) is 0 Å². The summed E-state index contributed by atoms with van der Waals surface area (Å²) in [6.07, 6.45) is 2.14. The van der Waals surface area contributed by atoms with E-state index >= 15 is 0 Å². The Balaban J connectivity index is 2.03. The quantitative estimate of drug-likeness (QED) is 0.874. The molecule has 2 rings (SSSR count). The molecule has 0 radical (unpaired) electrons. The SMILES string of the molecule is CN(CC1CCOCC1)CC(C)(C(=O)O)c1ccccc1. The fourth-order valence-corrected chi connectivity index (χ4v) is 3.06. The van der Waals surface area contributed by atoms with Gasteiger partial charge in [0.1, 0.15) is 5.41 Å². The molecular weight excluding hydrogens is 266 g/mol. The summed E-state index contributed by atoms with van der Waals surface area (Å²) in [7, 11) is 2.01. The third kappa shape index (κ3) is 4.05. The average molecular weight is 291 g/mol. The van der Waals surface area contributed by atoms with Crippen molar-refractivity contribution in [2.24, 2.45) is 5.92 Å². The molecule has 0 amide bonds. The van der Waals surface area contributed by atoms with Crippen molar-refractivity contribution >= 4 is 5.97 Å². The molecule has 4 heteroatoms. The molecule has 4 nitrogen and oxygen atoms in total. The molecule has 1 atom stereocenters. The highest BCUT2D eigenvalue weighted by atomic mass is 16.5. The second-order valence-corrected chi connectivity index (χ2v) is 6.26. The Bertz CT molecular complexity index is 456. The van der Waals surface area contributed by atoms with Crippen LogP contribution in [0.5, 0.6) is 0 Å². The fourth-order valence-electron chi connectivity index (χ4n) is 3.06. The van der Waals surface area contributed by atoms with E-state index in [1.165, 1.54) is 0 Å². The number of hydrogen-bond acceptors (Lipinski definition) is 3. The fraction of sp³-hybridized carbons (Fsp3) is 0.588. The number of aliphatic carboxylic acids is 1. The van der Waals surface area contributed by atoms with Gasteiger partial charge in [0.15, 0.2) is 0 Å². The molecule has 21 heavy (non-hydrogen) atoms. The molecule has 1 N–H and O–H groups in total. The molecule has 1 heterocycles. The number of carboxylic acid groups (broad SMARTS) is 1. The molecule has 0 bridgehead atoms. The van der Waals surface area contributed by atoms with E-state index in [-0.39, 0.29) is 0 Å². The van der Waals surface area contributed by atoms with Gasteiger partial charge in [0.2, 0.25) is 0 Å². The lowest BCUT2D eigenvalue weighted by Crippen LogP contribution is -2.44. The lowest BCUT2D eigenvalue weighted by molar-refractivity contribution is -0.144. The standard InChI is InChI=1S/C17H25NO3/c1-17(16(19)20,15-6-4-3-5-7-15)13-18(2)12-14-8-10-21-11-9-14/h3-7,14H,8-13H2,1-2H3,(H,19,20). The highest BCUT2D eigenvalue weighted by Crippen LogP contribution is 2.26. The second-order valence-electron chi connectivity index (χ2n) is 6.26. The minimum absolute atomic E-state index is 0.518. The van der Waals surface area contributed by atoms with Gasteiger partial charge in [0, 0.05) is 26.3 Å². The van der Waals surface area contributed by atoms with Crippen LogP contribution in [0, 0.1) is 5.92 Å². The van der Waals surface area contributed by atoms with Crippen molar-refractivity contribution in [1.29, 1.82) is 0 Å². The summed E-state index contributed by atoms with van der Waals surface area (Å²) in [4.78, 5) is 14.0. The number of rotatable bonds is 6. The molecule has 116 valence electrons. The zero-order valence-corrected chi connectivity index (χ0v) is 12.9. The Labute approximate surface area is 126 Å². The molecule has 1 aromatic carbocycles. The van der Waals surface area contributed by atoms with Crippen LogP contribution < -0.4 is 0 Å². The Morgan fingerprint density at radius 2 is 1.95 bits per heavy atom. The van der Waals surface area contributed by atoms with Crippen LogP contribution in [-0.2, 0) is 14.9 Å². The van der Waals surface area contributed by atoms with E-state index in [0.717, 1.165) is 38.2 Å². The minimum atomic E-state index is -0.874. The van der Waals surface area contributed by atoms with Crippen LogP contribution in [-0.4, -0.2) is 49.3 Å². The highest BCUT2D eigenvalue weighted by Gasteiger charge is 2.36. The van der Waals surface area contributed by atoms with E-state index in [4.69, 9.17) is 4.74 Å². The lowest BCUT2D eigenvalue weighted by Gasteiger charge is -2.33. The average Bonchev–Trinajstić information content (AvgIpc) is 2.48. The van der Waals surface area contributed by atoms with Crippen molar-refractivity contribution in [3.8, 4) is 0 Å². The first-order valence-electron chi connectivity index (χ1n) is 7.57. The predicted octanol–water partition coefficient (Wildman–Crippen LogP) is 2.39. The number of ether oxygens (including phenoxy) is 1. The van der Waals surface area contributed by atoms with Crippen LogP contribution in [0.25, 0.3) is 0 Å². The Kier molecular flexibility index (Phi) is 5.37. The largest absolute Gasteiger partial charge is 0.481 e. The molecule has 0 saturated carbocycles. The minimum Gasteiger partial charge on any atom is -0.481 e. The molecular formula is C17H25NO3. The van der Waals surface area contributed by atoms with Gasteiger partial charge in [-0.1, -0.05) is 30.3 Å². The van der Waals surface area contributed by atoms with E-state index in [2.05, 4.69) is 4.90 Å². The zero-order chi connectivity index (χ0) is 15.3. The number of carboxylic acids is 1. The van der Waals surface area contributed by atoms with Gasteiger partial charge in [-0.2, -0.15) is 0 Å². The molecule has 1 fully saturated rings. The Hall–Kier alpha value is -1.39. The number of nitrogens with zero attached hydrogens (tertiary/aromatic N) is 1. The predicted molar refractivity (Wildman–Crippen MR) is 82.5 cm³/mol. The molecule has 0 spiro atoms. The summed E-state index contributed by atoms with van der Waals surface area (Å²) in [5.41, 5.74) is -0.0161. The van der Waals surface area contributed by atoms with Gasteiger partial charge in [0.05, 0.1) is 0 Å². The normalized spacial score (nSPS) is 19.4. The maximum Gasteiger partial charge on any atom is 0.315 e. The van der Waals surface area contributed by atoms with Crippen LogP contribution in [0.2, 0.25) is 0 Å². The molecule has 1 aliphatic rings. The van der Waals surface area contributed by atoms with Crippen molar-refractivity contribution < 1.29 is 14.6 Å². The van der Waals surface area contributed by atoms with Crippen LogP contribution >= 0.6 is 0 Å². The molecule has 0 aromatic heterocycles. The first kappa shape index (κ1) is 16.0. The highest BCUT2D eigenvalue weighted by molar-refractivity contribution is 5.81. The van der Waals surface area contributed by atoms with Gasteiger partial charge in [-0.05, 0) is 38.3 Å².